The summed E-state index contributed by atoms with van der Waals surface area (Å²) in [6.45, 7) is 7.39. The van der Waals surface area contributed by atoms with E-state index >= 15 is 0 Å². The van der Waals surface area contributed by atoms with E-state index in [0.717, 1.165) is 16.1 Å². The monoisotopic (exact) mass is 289 g/mol. The summed E-state index contributed by atoms with van der Waals surface area (Å²) in [6.07, 6.45) is 0. The molecule has 0 radical (unpaired) electrons. The summed E-state index contributed by atoms with van der Waals surface area (Å²) in [5.74, 6) is -0.235. The number of nitrogens with two attached hydrogens (primary N) is 1. The molecule has 0 aliphatic carbocycles. The van der Waals surface area contributed by atoms with Crippen LogP contribution in [0.2, 0.25) is 0 Å². The smallest absolute Gasteiger partial charge is 0.245 e. The molecule has 0 bridgehead atoms. The number of carbonyl (C=O) groups is 1. The van der Waals surface area contributed by atoms with Gasteiger partial charge in [0.2, 0.25) is 5.91 Å². The van der Waals surface area contributed by atoms with Gasteiger partial charge in [-0.2, -0.15) is 0 Å². The highest BCUT2D eigenvalue weighted by Crippen LogP contribution is 2.30. The average molecular weight is 289 g/mol. The maximum Gasteiger partial charge on any atom is 0.245 e. The van der Waals surface area contributed by atoms with Crippen molar-refractivity contribution in [2.75, 3.05) is 5.32 Å². The Morgan fingerprint density at radius 1 is 1.25 bits per heavy atom. The minimum absolute atomic E-state index is 0.235. The summed E-state index contributed by atoms with van der Waals surface area (Å²) in [7, 11) is 0. The number of amides is 1. The van der Waals surface area contributed by atoms with E-state index in [9.17, 15) is 4.79 Å². The lowest BCUT2D eigenvalue weighted by atomic mass is 10.1. The molecule has 1 aromatic heterocycles. The quantitative estimate of drug-likeness (QED) is 0.912. The molecular weight excluding hydrogens is 270 g/mol. The molecule has 20 heavy (non-hydrogen) atoms. The first-order valence-electron chi connectivity index (χ1n) is 6.42. The van der Waals surface area contributed by atoms with Crippen molar-refractivity contribution in [3.05, 3.63) is 34.7 Å². The Hall–Kier alpha value is -1.72. The third-order valence-corrected chi connectivity index (χ3v) is 3.81. The number of anilines is 1. The van der Waals surface area contributed by atoms with Gasteiger partial charge in [0.1, 0.15) is 0 Å². The van der Waals surface area contributed by atoms with Gasteiger partial charge in [0.15, 0.2) is 5.13 Å². The van der Waals surface area contributed by atoms with E-state index in [4.69, 9.17) is 5.73 Å². The zero-order valence-corrected chi connectivity index (χ0v) is 13.0. The fourth-order valence-electron chi connectivity index (χ4n) is 1.69. The first kappa shape index (κ1) is 14.7. The lowest BCUT2D eigenvalue weighted by Crippen LogP contribution is -2.45. The molecule has 1 heterocycles. The van der Waals surface area contributed by atoms with E-state index in [1.807, 2.05) is 26.0 Å². The Bertz CT molecular complexity index is 624. The second-order valence-corrected chi connectivity index (χ2v) is 6.67. The average Bonchev–Trinajstić information content (AvgIpc) is 2.70. The van der Waals surface area contributed by atoms with Gasteiger partial charge in [0.25, 0.3) is 0 Å². The van der Waals surface area contributed by atoms with Crippen molar-refractivity contribution in [1.29, 1.82) is 0 Å². The van der Waals surface area contributed by atoms with Crippen LogP contribution in [0, 0.1) is 13.8 Å². The van der Waals surface area contributed by atoms with Crippen LogP contribution in [0.15, 0.2) is 24.3 Å². The van der Waals surface area contributed by atoms with Crippen LogP contribution in [-0.2, 0) is 4.79 Å². The van der Waals surface area contributed by atoms with Crippen LogP contribution in [0.3, 0.4) is 0 Å². The molecular formula is C15H19N3OS. The van der Waals surface area contributed by atoms with E-state index < -0.39 is 5.54 Å². The summed E-state index contributed by atoms with van der Waals surface area (Å²) in [6, 6.07) is 8.18. The number of aryl methyl sites for hydroxylation is 2. The molecule has 106 valence electrons. The van der Waals surface area contributed by atoms with Crippen molar-refractivity contribution in [1.82, 2.24) is 4.98 Å². The molecule has 1 amide bonds. The van der Waals surface area contributed by atoms with Crippen molar-refractivity contribution in [2.45, 2.75) is 33.2 Å². The maximum atomic E-state index is 11.9. The number of carbonyl (C=O) groups excluding carboxylic acids is 1. The molecule has 0 saturated heterocycles. The van der Waals surface area contributed by atoms with Crippen LogP contribution >= 0.6 is 11.3 Å². The van der Waals surface area contributed by atoms with Gasteiger partial charge in [0.05, 0.1) is 11.2 Å². The van der Waals surface area contributed by atoms with Crippen LogP contribution in [-0.4, -0.2) is 16.4 Å². The van der Waals surface area contributed by atoms with Crippen LogP contribution in [0.4, 0.5) is 5.13 Å². The van der Waals surface area contributed by atoms with Gasteiger partial charge < -0.3 is 11.1 Å². The number of hydrogen-bond donors (Lipinski definition) is 2. The van der Waals surface area contributed by atoms with Crippen molar-refractivity contribution in [3.63, 3.8) is 0 Å². The second-order valence-electron chi connectivity index (χ2n) is 5.47. The highest BCUT2D eigenvalue weighted by Gasteiger charge is 2.23. The topological polar surface area (TPSA) is 68.0 Å². The molecule has 0 saturated carbocycles. The Balaban J connectivity index is 2.26. The standard InChI is InChI=1S/C15H19N3OS/c1-9-5-7-11(8-6-9)12-10(2)20-14(17-12)18-13(19)15(3,4)16/h5-8H,16H2,1-4H3,(H,17,18,19). The van der Waals surface area contributed by atoms with Crippen LogP contribution in [0.5, 0.6) is 0 Å². The van der Waals surface area contributed by atoms with Crippen molar-refractivity contribution < 1.29 is 4.79 Å². The van der Waals surface area contributed by atoms with E-state index in [1.165, 1.54) is 16.9 Å². The minimum Gasteiger partial charge on any atom is -0.318 e. The molecule has 0 spiro atoms. The highest BCUT2D eigenvalue weighted by atomic mass is 32.1. The predicted molar refractivity (Wildman–Crippen MR) is 83.9 cm³/mol. The third-order valence-electron chi connectivity index (χ3n) is 2.93. The van der Waals surface area contributed by atoms with Gasteiger partial charge in [-0.25, -0.2) is 4.98 Å². The molecule has 5 heteroatoms. The Kier molecular flexibility index (Phi) is 3.92. The first-order chi connectivity index (χ1) is 9.27. The van der Waals surface area contributed by atoms with Crippen molar-refractivity contribution in [2.24, 2.45) is 5.73 Å². The summed E-state index contributed by atoms with van der Waals surface area (Å²) in [5.41, 5.74) is 8.02. The van der Waals surface area contributed by atoms with E-state index in [1.54, 1.807) is 13.8 Å². The lowest BCUT2D eigenvalue weighted by molar-refractivity contribution is -0.120. The summed E-state index contributed by atoms with van der Waals surface area (Å²) in [4.78, 5) is 17.4. The number of aromatic nitrogens is 1. The molecule has 3 N–H and O–H groups in total. The summed E-state index contributed by atoms with van der Waals surface area (Å²) < 4.78 is 0. The normalized spacial score (nSPS) is 11.4. The zero-order chi connectivity index (χ0) is 14.9. The van der Waals surface area contributed by atoms with Crippen LogP contribution in [0.25, 0.3) is 11.3 Å². The molecule has 4 nitrogen and oxygen atoms in total. The number of benzene rings is 1. The van der Waals surface area contributed by atoms with Gasteiger partial charge >= 0.3 is 0 Å². The summed E-state index contributed by atoms with van der Waals surface area (Å²) in [5, 5.41) is 3.35. The van der Waals surface area contributed by atoms with Crippen LogP contribution < -0.4 is 11.1 Å². The van der Waals surface area contributed by atoms with Crippen molar-refractivity contribution in [3.8, 4) is 11.3 Å². The number of rotatable bonds is 3. The molecule has 2 rings (SSSR count). The van der Waals surface area contributed by atoms with Gasteiger partial charge in [-0.15, -0.1) is 11.3 Å². The Morgan fingerprint density at radius 3 is 2.40 bits per heavy atom. The molecule has 2 aromatic rings. The van der Waals surface area contributed by atoms with Gasteiger partial charge in [0, 0.05) is 10.4 Å². The van der Waals surface area contributed by atoms with Gasteiger partial charge in [-0.1, -0.05) is 29.8 Å². The largest absolute Gasteiger partial charge is 0.318 e. The zero-order valence-electron chi connectivity index (χ0n) is 12.2. The first-order valence-corrected chi connectivity index (χ1v) is 7.24. The fraction of sp³-hybridized carbons (Fsp3) is 0.333. The van der Waals surface area contributed by atoms with E-state index in [2.05, 4.69) is 22.4 Å². The highest BCUT2D eigenvalue weighted by molar-refractivity contribution is 7.16. The van der Waals surface area contributed by atoms with E-state index in [0.29, 0.717) is 5.13 Å². The lowest BCUT2D eigenvalue weighted by Gasteiger charge is -2.16. The van der Waals surface area contributed by atoms with Crippen molar-refractivity contribution >= 4 is 22.4 Å². The maximum absolute atomic E-state index is 11.9. The number of thiazole rings is 1. The molecule has 1 aromatic carbocycles. The van der Waals surface area contributed by atoms with E-state index in [-0.39, 0.29) is 5.91 Å². The number of nitrogens with zero attached hydrogens (tertiary/aromatic N) is 1. The fourth-order valence-corrected chi connectivity index (χ4v) is 2.52. The number of nitrogens with one attached hydrogen (secondary N) is 1. The molecule has 0 unspecified atom stereocenters. The molecule has 0 atom stereocenters. The Labute approximate surface area is 123 Å². The minimum atomic E-state index is -0.913. The number of hydrogen-bond acceptors (Lipinski definition) is 4. The summed E-state index contributed by atoms with van der Waals surface area (Å²) >= 11 is 1.46. The van der Waals surface area contributed by atoms with Crippen LogP contribution in [0.1, 0.15) is 24.3 Å². The third kappa shape index (κ3) is 3.23. The van der Waals surface area contributed by atoms with Gasteiger partial charge in [-0.3, -0.25) is 4.79 Å². The molecule has 0 aliphatic rings. The van der Waals surface area contributed by atoms with Gasteiger partial charge in [-0.05, 0) is 27.7 Å². The second kappa shape index (κ2) is 5.34. The molecule has 0 aliphatic heterocycles. The molecule has 0 fully saturated rings. The Morgan fingerprint density at radius 2 is 1.85 bits per heavy atom. The predicted octanol–water partition coefficient (Wildman–Crippen LogP) is 3.10. The SMILES string of the molecule is Cc1ccc(-c2nc(NC(=O)C(C)(C)N)sc2C)cc1.